The fourth-order valence-corrected chi connectivity index (χ4v) is 2.27. The van der Waals surface area contributed by atoms with Gasteiger partial charge in [0.1, 0.15) is 5.75 Å². The van der Waals surface area contributed by atoms with E-state index in [-0.39, 0.29) is 5.91 Å². The van der Waals surface area contributed by atoms with Gasteiger partial charge in [-0.3, -0.25) is 14.5 Å². The van der Waals surface area contributed by atoms with E-state index in [0.29, 0.717) is 24.3 Å². The summed E-state index contributed by atoms with van der Waals surface area (Å²) < 4.78 is 7.78. The van der Waals surface area contributed by atoms with Crippen molar-refractivity contribution in [3.8, 4) is 17.1 Å². The predicted molar refractivity (Wildman–Crippen MR) is 87.3 cm³/mol. The lowest BCUT2D eigenvalue weighted by Crippen LogP contribution is -2.23. The highest BCUT2D eigenvalue weighted by molar-refractivity contribution is 7.71. The van der Waals surface area contributed by atoms with Crippen LogP contribution in [0.3, 0.4) is 0 Å². The Kier molecular flexibility index (Phi) is 5.32. The second-order valence-electron chi connectivity index (χ2n) is 5.00. The average molecular weight is 320 g/mol. The van der Waals surface area contributed by atoms with Crippen LogP contribution in [0.4, 0.5) is 0 Å². The van der Waals surface area contributed by atoms with Crippen molar-refractivity contribution in [2.45, 2.75) is 19.9 Å². The largest absolute Gasteiger partial charge is 0.494 e. The average Bonchev–Trinajstić information content (AvgIpc) is 2.87. The fraction of sp³-hybridized carbons (Fsp3) is 0.400. The number of aromatic nitrogens is 3. The zero-order valence-electron chi connectivity index (χ0n) is 13.0. The van der Waals surface area contributed by atoms with Gasteiger partial charge in [-0.05, 0) is 43.4 Å². The van der Waals surface area contributed by atoms with Gasteiger partial charge in [0.05, 0.1) is 6.61 Å². The van der Waals surface area contributed by atoms with E-state index in [1.165, 1.54) is 0 Å². The molecule has 2 rings (SSSR count). The minimum absolute atomic E-state index is 0.0562. The molecule has 0 bridgehead atoms. The maximum absolute atomic E-state index is 11.7. The van der Waals surface area contributed by atoms with Crippen molar-refractivity contribution in [3.63, 3.8) is 0 Å². The minimum Gasteiger partial charge on any atom is -0.494 e. The zero-order valence-corrected chi connectivity index (χ0v) is 13.8. The maximum Gasteiger partial charge on any atom is 0.223 e. The summed E-state index contributed by atoms with van der Waals surface area (Å²) in [4.78, 5) is 13.3. The summed E-state index contributed by atoms with van der Waals surface area (Å²) in [6, 6.07) is 7.65. The summed E-state index contributed by atoms with van der Waals surface area (Å²) in [6.45, 7) is 3.07. The molecule has 6 nitrogen and oxygen atoms in total. The normalized spacial score (nSPS) is 10.5. The standard InChI is InChI=1S/C15H20N4O2S/c1-4-21-12-7-5-11(6-8-12)14-16-17-15(22)19(14)10-9-13(20)18(2)3/h5-8H,4,9-10H2,1-3H3,(H,17,22). The highest BCUT2D eigenvalue weighted by atomic mass is 32.1. The number of hydrogen-bond acceptors (Lipinski definition) is 4. The summed E-state index contributed by atoms with van der Waals surface area (Å²) in [5.74, 6) is 1.59. The molecular weight excluding hydrogens is 300 g/mol. The fourth-order valence-electron chi connectivity index (χ4n) is 2.04. The van der Waals surface area contributed by atoms with Gasteiger partial charge in [-0.1, -0.05) is 0 Å². The first kappa shape index (κ1) is 16.2. The number of aromatic amines is 1. The summed E-state index contributed by atoms with van der Waals surface area (Å²) in [5.41, 5.74) is 0.924. The highest BCUT2D eigenvalue weighted by Gasteiger charge is 2.11. The molecule has 0 aliphatic heterocycles. The molecular formula is C15H20N4O2S. The Morgan fingerprint density at radius 2 is 2.05 bits per heavy atom. The number of nitrogens with zero attached hydrogens (tertiary/aromatic N) is 3. The van der Waals surface area contributed by atoms with Gasteiger partial charge in [-0.25, -0.2) is 0 Å². The predicted octanol–water partition coefficient (Wildman–Crippen LogP) is 2.48. The molecule has 0 aliphatic rings. The van der Waals surface area contributed by atoms with Gasteiger partial charge in [0.2, 0.25) is 5.91 Å². The number of carbonyl (C=O) groups is 1. The van der Waals surface area contributed by atoms with Crippen LogP contribution in [-0.4, -0.2) is 46.3 Å². The lowest BCUT2D eigenvalue weighted by atomic mass is 10.2. The molecule has 22 heavy (non-hydrogen) atoms. The monoisotopic (exact) mass is 320 g/mol. The van der Waals surface area contributed by atoms with Crippen molar-refractivity contribution in [1.82, 2.24) is 19.7 Å². The molecule has 118 valence electrons. The summed E-state index contributed by atoms with van der Waals surface area (Å²) in [7, 11) is 3.48. The van der Waals surface area contributed by atoms with Crippen molar-refractivity contribution in [3.05, 3.63) is 29.0 Å². The third kappa shape index (κ3) is 3.73. The topological polar surface area (TPSA) is 63.1 Å². The van der Waals surface area contributed by atoms with E-state index in [9.17, 15) is 4.79 Å². The lowest BCUT2D eigenvalue weighted by Gasteiger charge is -2.11. The van der Waals surface area contributed by atoms with Gasteiger partial charge in [0, 0.05) is 32.6 Å². The third-order valence-electron chi connectivity index (χ3n) is 3.23. The molecule has 0 saturated heterocycles. The van der Waals surface area contributed by atoms with Crippen molar-refractivity contribution < 1.29 is 9.53 Å². The van der Waals surface area contributed by atoms with Gasteiger partial charge in [-0.2, -0.15) is 5.10 Å². The Hall–Kier alpha value is -2.15. The summed E-state index contributed by atoms with van der Waals surface area (Å²) in [6.07, 6.45) is 0.380. The number of hydrogen-bond donors (Lipinski definition) is 1. The van der Waals surface area contributed by atoms with E-state index in [2.05, 4.69) is 10.2 Å². The quantitative estimate of drug-likeness (QED) is 0.831. The SMILES string of the molecule is CCOc1ccc(-c2n[nH]c(=S)n2CCC(=O)N(C)C)cc1. The Morgan fingerprint density at radius 1 is 1.36 bits per heavy atom. The van der Waals surface area contributed by atoms with Crippen LogP contribution < -0.4 is 4.74 Å². The second-order valence-corrected chi connectivity index (χ2v) is 5.39. The second kappa shape index (κ2) is 7.22. The molecule has 0 aliphatic carbocycles. The van der Waals surface area contributed by atoms with Crippen LogP contribution in [0, 0.1) is 4.77 Å². The minimum atomic E-state index is 0.0562. The highest BCUT2D eigenvalue weighted by Crippen LogP contribution is 2.21. The van der Waals surface area contributed by atoms with Crippen LogP contribution in [0.2, 0.25) is 0 Å². The molecule has 1 heterocycles. The molecule has 0 fully saturated rings. The van der Waals surface area contributed by atoms with Crippen molar-refractivity contribution in [2.75, 3.05) is 20.7 Å². The van der Waals surface area contributed by atoms with Gasteiger partial charge >= 0.3 is 0 Å². The lowest BCUT2D eigenvalue weighted by molar-refractivity contribution is -0.128. The molecule has 2 aromatic rings. The van der Waals surface area contributed by atoms with Crippen LogP contribution in [0.1, 0.15) is 13.3 Å². The van der Waals surface area contributed by atoms with Crippen LogP contribution in [0.15, 0.2) is 24.3 Å². The summed E-state index contributed by atoms with van der Waals surface area (Å²) in [5, 5.41) is 7.05. The molecule has 1 N–H and O–H groups in total. The number of ether oxygens (including phenoxy) is 1. The van der Waals surface area contributed by atoms with E-state index < -0.39 is 0 Å². The smallest absolute Gasteiger partial charge is 0.223 e. The Bertz CT molecular complexity index is 688. The van der Waals surface area contributed by atoms with Gasteiger partial charge < -0.3 is 9.64 Å². The molecule has 1 amide bonds. The van der Waals surface area contributed by atoms with Crippen LogP contribution in [0.5, 0.6) is 5.75 Å². The number of H-pyrrole nitrogens is 1. The first-order valence-corrected chi connectivity index (χ1v) is 7.52. The number of carbonyl (C=O) groups excluding carboxylic acids is 1. The van der Waals surface area contributed by atoms with Crippen LogP contribution >= 0.6 is 12.2 Å². The molecule has 0 unspecified atom stereocenters. The Morgan fingerprint density at radius 3 is 2.64 bits per heavy atom. The maximum atomic E-state index is 11.7. The zero-order chi connectivity index (χ0) is 16.1. The number of benzene rings is 1. The molecule has 0 atom stereocenters. The van der Waals surface area contributed by atoms with Gasteiger partial charge in [0.15, 0.2) is 10.6 Å². The number of nitrogens with one attached hydrogen (secondary N) is 1. The molecule has 0 saturated carbocycles. The van der Waals surface area contributed by atoms with E-state index in [1.54, 1.807) is 19.0 Å². The third-order valence-corrected chi connectivity index (χ3v) is 3.54. The number of rotatable bonds is 6. The first-order chi connectivity index (χ1) is 10.5. The number of amides is 1. The van der Waals surface area contributed by atoms with Crippen molar-refractivity contribution in [1.29, 1.82) is 0 Å². The van der Waals surface area contributed by atoms with E-state index in [0.717, 1.165) is 17.1 Å². The molecule has 0 radical (unpaired) electrons. The molecule has 7 heteroatoms. The van der Waals surface area contributed by atoms with E-state index in [1.807, 2.05) is 35.8 Å². The molecule has 1 aromatic heterocycles. The van der Waals surface area contributed by atoms with Gasteiger partial charge in [0.25, 0.3) is 0 Å². The Labute approximate surface area is 134 Å². The van der Waals surface area contributed by atoms with E-state index >= 15 is 0 Å². The van der Waals surface area contributed by atoms with Crippen molar-refractivity contribution >= 4 is 18.1 Å². The molecule has 1 aromatic carbocycles. The van der Waals surface area contributed by atoms with E-state index in [4.69, 9.17) is 17.0 Å². The Balaban J connectivity index is 2.21. The first-order valence-electron chi connectivity index (χ1n) is 7.11. The van der Waals surface area contributed by atoms with Crippen LogP contribution in [-0.2, 0) is 11.3 Å². The summed E-state index contributed by atoms with van der Waals surface area (Å²) >= 11 is 5.25. The molecule has 0 spiro atoms. The van der Waals surface area contributed by atoms with Crippen molar-refractivity contribution in [2.24, 2.45) is 0 Å². The van der Waals surface area contributed by atoms with Gasteiger partial charge in [-0.15, -0.1) is 0 Å². The van der Waals surface area contributed by atoms with Crippen LogP contribution in [0.25, 0.3) is 11.4 Å².